The van der Waals surface area contributed by atoms with Crippen LogP contribution in [0.4, 0.5) is 0 Å². The van der Waals surface area contributed by atoms with Crippen LogP contribution in [0.5, 0.6) is 0 Å². The Morgan fingerprint density at radius 1 is 1.22 bits per heavy atom. The van der Waals surface area contributed by atoms with Crippen LogP contribution < -0.4 is 0 Å². The predicted octanol–water partition coefficient (Wildman–Crippen LogP) is 2.55. The molecule has 0 N–H and O–H groups in total. The maximum Gasteiger partial charge on any atom is 0.274 e. The first-order chi connectivity index (χ1) is 11.1. The van der Waals surface area contributed by atoms with Gasteiger partial charge in [-0.2, -0.15) is 0 Å². The number of amides is 1. The van der Waals surface area contributed by atoms with E-state index >= 15 is 0 Å². The van der Waals surface area contributed by atoms with Gasteiger partial charge in [0.05, 0.1) is 6.33 Å². The number of hydrogen-bond donors (Lipinski definition) is 0. The first-order valence-corrected chi connectivity index (χ1v) is 9.22. The second-order valence-corrected chi connectivity index (χ2v) is 7.78. The van der Waals surface area contributed by atoms with E-state index in [0.717, 1.165) is 25.6 Å². The zero-order chi connectivity index (χ0) is 16.0. The SMILES string of the molecule is CC(C)n1cnc(C(=O)N2CC[C@H]3[C@H](CCCN3C3CC3)C2)c1. The third kappa shape index (κ3) is 2.91. The van der Waals surface area contributed by atoms with Crippen molar-refractivity contribution >= 4 is 5.91 Å². The fourth-order valence-electron chi connectivity index (χ4n) is 4.38. The number of fused-ring (bicyclic) bond motifs is 1. The molecule has 5 nitrogen and oxygen atoms in total. The molecule has 1 amide bonds. The number of piperidine rings is 2. The molecule has 0 spiro atoms. The molecule has 23 heavy (non-hydrogen) atoms. The van der Waals surface area contributed by atoms with E-state index in [2.05, 4.69) is 23.7 Å². The van der Waals surface area contributed by atoms with Gasteiger partial charge in [-0.25, -0.2) is 4.98 Å². The van der Waals surface area contributed by atoms with Gasteiger partial charge in [0.25, 0.3) is 5.91 Å². The Morgan fingerprint density at radius 2 is 2.04 bits per heavy atom. The molecule has 5 heteroatoms. The molecule has 0 aromatic carbocycles. The van der Waals surface area contributed by atoms with Crippen LogP contribution in [0.15, 0.2) is 12.5 Å². The van der Waals surface area contributed by atoms with Crippen LogP contribution in [0.1, 0.15) is 62.5 Å². The van der Waals surface area contributed by atoms with Crippen molar-refractivity contribution in [2.75, 3.05) is 19.6 Å². The molecule has 4 rings (SSSR count). The Hall–Kier alpha value is -1.36. The number of likely N-dealkylation sites (tertiary alicyclic amines) is 2. The molecule has 0 radical (unpaired) electrons. The maximum atomic E-state index is 12.8. The lowest BCUT2D eigenvalue weighted by Crippen LogP contribution is -2.55. The van der Waals surface area contributed by atoms with Gasteiger partial charge in [0.1, 0.15) is 5.69 Å². The van der Waals surface area contributed by atoms with Crippen LogP contribution in [0, 0.1) is 5.92 Å². The average Bonchev–Trinajstić information content (AvgIpc) is 3.28. The first kappa shape index (κ1) is 15.2. The van der Waals surface area contributed by atoms with Crippen LogP contribution in [0.3, 0.4) is 0 Å². The van der Waals surface area contributed by atoms with Gasteiger partial charge >= 0.3 is 0 Å². The minimum atomic E-state index is 0.117. The molecule has 3 aliphatic rings. The van der Waals surface area contributed by atoms with Crippen LogP contribution in [-0.4, -0.2) is 57.0 Å². The fourth-order valence-corrected chi connectivity index (χ4v) is 4.38. The molecular formula is C18H28N4O. The van der Waals surface area contributed by atoms with E-state index in [9.17, 15) is 4.79 Å². The molecule has 1 aromatic heterocycles. The van der Waals surface area contributed by atoms with Crippen LogP contribution in [0.25, 0.3) is 0 Å². The maximum absolute atomic E-state index is 12.8. The summed E-state index contributed by atoms with van der Waals surface area (Å²) in [6.07, 6.45) is 10.2. The van der Waals surface area contributed by atoms with Gasteiger partial charge in [0.2, 0.25) is 0 Å². The topological polar surface area (TPSA) is 41.4 Å². The Morgan fingerprint density at radius 3 is 2.74 bits per heavy atom. The normalized spacial score (nSPS) is 28.9. The van der Waals surface area contributed by atoms with Gasteiger partial charge in [-0.3, -0.25) is 9.69 Å². The van der Waals surface area contributed by atoms with E-state index in [4.69, 9.17) is 0 Å². The van der Waals surface area contributed by atoms with Gasteiger partial charge in [-0.1, -0.05) is 0 Å². The van der Waals surface area contributed by atoms with E-state index in [1.165, 1.54) is 32.2 Å². The second kappa shape index (κ2) is 5.93. The van der Waals surface area contributed by atoms with Crippen molar-refractivity contribution in [1.29, 1.82) is 0 Å². The van der Waals surface area contributed by atoms with Crippen molar-refractivity contribution in [3.8, 4) is 0 Å². The van der Waals surface area contributed by atoms with Gasteiger partial charge in [-0.05, 0) is 58.4 Å². The van der Waals surface area contributed by atoms with E-state index in [0.29, 0.717) is 23.7 Å². The van der Waals surface area contributed by atoms with Gasteiger partial charge < -0.3 is 9.47 Å². The first-order valence-electron chi connectivity index (χ1n) is 9.22. The highest BCUT2D eigenvalue weighted by Crippen LogP contribution is 2.38. The number of imidazole rings is 1. The zero-order valence-corrected chi connectivity index (χ0v) is 14.3. The van der Waals surface area contributed by atoms with Crippen molar-refractivity contribution in [1.82, 2.24) is 19.4 Å². The molecule has 3 heterocycles. The smallest absolute Gasteiger partial charge is 0.274 e. The van der Waals surface area contributed by atoms with Crippen molar-refractivity contribution in [3.63, 3.8) is 0 Å². The minimum absolute atomic E-state index is 0.117. The lowest BCUT2D eigenvalue weighted by atomic mass is 9.83. The Labute approximate surface area is 138 Å². The molecular weight excluding hydrogens is 288 g/mol. The zero-order valence-electron chi connectivity index (χ0n) is 14.3. The number of carbonyl (C=O) groups excluding carboxylic acids is 1. The minimum Gasteiger partial charge on any atom is -0.337 e. The number of nitrogens with zero attached hydrogens (tertiary/aromatic N) is 4. The molecule has 2 saturated heterocycles. The van der Waals surface area contributed by atoms with Crippen molar-refractivity contribution in [2.45, 2.75) is 64.1 Å². The molecule has 1 aliphatic carbocycles. The second-order valence-electron chi connectivity index (χ2n) is 7.78. The summed E-state index contributed by atoms with van der Waals surface area (Å²) in [4.78, 5) is 21.9. The van der Waals surface area contributed by atoms with E-state index in [1.54, 1.807) is 6.33 Å². The van der Waals surface area contributed by atoms with E-state index in [-0.39, 0.29) is 5.91 Å². The molecule has 0 bridgehead atoms. The quantitative estimate of drug-likeness (QED) is 0.860. The van der Waals surface area contributed by atoms with E-state index in [1.807, 2.05) is 15.7 Å². The summed E-state index contributed by atoms with van der Waals surface area (Å²) in [6, 6.07) is 1.92. The van der Waals surface area contributed by atoms with Crippen LogP contribution >= 0.6 is 0 Å². The summed E-state index contributed by atoms with van der Waals surface area (Å²) in [6.45, 7) is 7.30. The fraction of sp³-hybridized carbons (Fsp3) is 0.778. The highest BCUT2D eigenvalue weighted by Gasteiger charge is 2.42. The molecule has 0 unspecified atom stereocenters. The van der Waals surface area contributed by atoms with Gasteiger partial charge in [-0.15, -0.1) is 0 Å². The Kier molecular flexibility index (Phi) is 3.92. The Bertz CT molecular complexity index is 577. The predicted molar refractivity (Wildman–Crippen MR) is 89.4 cm³/mol. The summed E-state index contributed by atoms with van der Waals surface area (Å²) in [5, 5.41) is 0. The summed E-state index contributed by atoms with van der Waals surface area (Å²) in [5.74, 6) is 0.778. The largest absolute Gasteiger partial charge is 0.337 e. The van der Waals surface area contributed by atoms with Crippen LogP contribution in [-0.2, 0) is 0 Å². The summed E-state index contributed by atoms with van der Waals surface area (Å²) < 4.78 is 2.01. The molecule has 2 atom stereocenters. The van der Waals surface area contributed by atoms with Crippen molar-refractivity contribution in [2.24, 2.45) is 5.92 Å². The standard InChI is InChI=1S/C18H28N4O/c1-13(2)21-11-16(19-12-21)18(23)20-9-7-17-14(10-20)4-3-8-22(17)15-5-6-15/h11-15,17H,3-10H2,1-2H3/t14-,17+/m1/s1. The third-order valence-corrected chi connectivity index (χ3v) is 5.83. The van der Waals surface area contributed by atoms with E-state index < -0.39 is 0 Å². The third-order valence-electron chi connectivity index (χ3n) is 5.83. The number of rotatable bonds is 3. The molecule has 126 valence electrons. The lowest BCUT2D eigenvalue weighted by molar-refractivity contribution is 0.0172. The summed E-state index contributed by atoms with van der Waals surface area (Å²) in [7, 11) is 0. The van der Waals surface area contributed by atoms with Crippen molar-refractivity contribution in [3.05, 3.63) is 18.2 Å². The highest BCUT2D eigenvalue weighted by molar-refractivity contribution is 5.92. The highest BCUT2D eigenvalue weighted by atomic mass is 16.2. The molecule has 2 aliphatic heterocycles. The van der Waals surface area contributed by atoms with Crippen molar-refractivity contribution < 1.29 is 4.79 Å². The Balaban J connectivity index is 1.43. The average molecular weight is 316 g/mol. The summed E-state index contributed by atoms with van der Waals surface area (Å²) in [5.41, 5.74) is 0.604. The van der Waals surface area contributed by atoms with Gasteiger partial charge in [0.15, 0.2) is 0 Å². The van der Waals surface area contributed by atoms with Crippen LogP contribution in [0.2, 0.25) is 0 Å². The molecule has 1 saturated carbocycles. The molecule has 1 aromatic rings. The number of hydrogen-bond acceptors (Lipinski definition) is 3. The molecule has 3 fully saturated rings. The number of carbonyl (C=O) groups is 1. The lowest BCUT2D eigenvalue weighted by Gasteiger charge is -2.47. The van der Waals surface area contributed by atoms with Gasteiger partial charge in [0, 0.05) is 37.4 Å². The monoisotopic (exact) mass is 316 g/mol. The summed E-state index contributed by atoms with van der Waals surface area (Å²) >= 11 is 0. The number of aromatic nitrogens is 2.